The topological polar surface area (TPSA) is 76.0 Å². The van der Waals surface area contributed by atoms with Gasteiger partial charge in [0.2, 0.25) is 0 Å². The fraction of sp³-hybridized carbons (Fsp3) is 0.417. The Morgan fingerprint density at radius 1 is 1.37 bits per heavy atom. The number of benzene rings is 1. The van der Waals surface area contributed by atoms with Crippen molar-refractivity contribution in [2.45, 2.75) is 19.0 Å². The highest BCUT2D eigenvalue weighted by atomic mass is 19.3. The quantitative estimate of drug-likeness (QED) is 0.589. The second kappa shape index (κ2) is 6.44. The van der Waals surface area contributed by atoms with Crippen molar-refractivity contribution in [2.24, 2.45) is 0 Å². The molecule has 0 bridgehead atoms. The maximum absolute atomic E-state index is 13.6. The number of aromatic hydroxyl groups is 1. The monoisotopic (exact) mass is 276 g/mol. The summed E-state index contributed by atoms with van der Waals surface area (Å²) in [6.45, 7) is 1.44. The summed E-state index contributed by atoms with van der Waals surface area (Å²) < 4.78 is 36.7. The van der Waals surface area contributed by atoms with Crippen LogP contribution in [0.3, 0.4) is 0 Å². The Hall–Kier alpha value is -1.73. The van der Waals surface area contributed by atoms with E-state index in [0.717, 1.165) is 0 Å². The SMILES string of the molecule is CCOCOC(c1ccc(O)cc1)C(F)(F)C(=O)O. The van der Waals surface area contributed by atoms with E-state index in [4.69, 9.17) is 19.7 Å². The molecule has 0 radical (unpaired) electrons. The van der Waals surface area contributed by atoms with Crippen molar-refractivity contribution >= 4 is 5.97 Å². The molecule has 1 aromatic carbocycles. The second-order valence-electron chi connectivity index (χ2n) is 3.68. The van der Waals surface area contributed by atoms with Gasteiger partial charge in [-0.3, -0.25) is 0 Å². The van der Waals surface area contributed by atoms with Crippen molar-refractivity contribution in [1.29, 1.82) is 0 Å². The normalized spacial score (nSPS) is 13.2. The molecule has 19 heavy (non-hydrogen) atoms. The Kier molecular flexibility index (Phi) is 5.20. The van der Waals surface area contributed by atoms with E-state index in [0.29, 0.717) is 0 Å². The molecule has 1 rings (SSSR count). The molecule has 5 nitrogen and oxygen atoms in total. The van der Waals surface area contributed by atoms with E-state index >= 15 is 0 Å². The van der Waals surface area contributed by atoms with Gasteiger partial charge < -0.3 is 19.7 Å². The van der Waals surface area contributed by atoms with Crippen molar-refractivity contribution in [2.75, 3.05) is 13.4 Å². The molecule has 0 aliphatic heterocycles. The van der Waals surface area contributed by atoms with Crippen LogP contribution in [0.2, 0.25) is 0 Å². The lowest BCUT2D eigenvalue weighted by molar-refractivity contribution is -0.205. The minimum atomic E-state index is -4.10. The molecule has 1 atom stereocenters. The van der Waals surface area contributed by atoms with Gasteiger partial charge >= 0.3 is 11.9 Å². The van der Waals surface area contributed by atoms with Crippen LogP contribution in [0.15, 0.2) is 24.3 Å². The summed E-state index contributed by atoms with van der Waals surface area (Å²) in [7, 11) is 0. The van der Waals surface area contributed by atoms with Crippen LogP contribution in [-0.2, 0) is 14.3 Å². The van der Waals surface area contributed by atoms with Gasteiger partial charge in [0.25, 0.3) is 0 Å². The molecule has 0 aliphatic rings. The predicted molar refractivity (Wildman–Crippen MR) is 61.0 cm³/mol. The molecule has 1 aromatic rings. The van der Waals surface area contributed by atoms with Gasteiger partial charge in [-0.05, 0) is 24.6 Å². The average molecular weight is 276 g/mol. The van der Waals surface area contributed by atoms with Gasteiger partial charge in [0.05, 0.1) is 0 Å². The highest BCUT2D eigenvalue weighted by Crippen LogP contribution is 2.35. The van der Waals surface area contributed by atoms with Crippen LogP contribution in [0.25, 0.3) is 0 Å². The first kappa shape index (κ1) is 15.3. The van der Waals surface area contributed by atoms with E-state index in [1.165, 1.54) is 24.3 Å². The molecule has 2 N–H and O–H groups in total. The summed E-state index contributed by atoms with van der Waals surface area (Å²) in [6.07, 6.45) is -1.99. The number of phenolic OH excluding ortho intramolecular Hbond substituents is 1. The molecule has 1 unspecified atom stereocenters. The molecule has 106 valence electrons. The highest BCUT2D eigenvalue weighted by molar-refractivity contribution is 5.76. The maximum atomic E-state index is 13.6. The zero-order valence-electron chi connectivity index (χ0n) is 10.2. The van der Waals surface area contributed by atoms with Crippen LogP contribution in [0.1, 0.15) is 18.6 Å². The summed E-state index contributed by atoms with van der Waals surface area (Å²) in [6, 6.07) is 4.68. The van der Waals surface area contributed by atoms with Gasteiger partial charge in [0.15, 0.2) is 6.10 Å². The standard InChI is InChI=1S/C12H14F2O5/c1-2-18-7-19-10(12(13,14)11(16)17)8-3-5-9(15)6-4-8/h3-6,10,15H,2,7H2,1H3,(H,16,17). The molecule has 0 saturated carbocycles. The van der Waals surface area contributed by atoms with Crippen LogP contribution < -0.4 is 0 Å². The van der Waals surface area contributed by atoms with Gasteiger partial charge in [-0.15, -0.1) is 0 Å². The van der Waals surface area contributed by atoms with E-state index in [1.807, 2.05) is 0 Å². The lowest BCUT2D eigenvalue weighted by atomic mass is 10.0. The first-order valence-electron chi connectivity index (χ1n) is 5.49. The third-order valence-corrected chi connectivity index (χ3v) is 2.33. The van der Waals surface area contributed by atoms with Crippen molar-refractivity contribution in [3.05, 3.63) is 29.8 Å². The van der Waals surface area contributed by atoms with E-state index in [-0.39, 0.29) is 17.9 Å². The lowest BCUT2D eigenvalue weighted by Crippen LogP contribution is -2.37. The average Bonchev–Trinajstić information content (AvgIpc) is 2.36. The van der Waals surface area contributed by atoms with Crippen molar-refractivity contribution < 1.29 is 33.3 Å². The zero-order valence-corrected chi connectivity index (χ0v) is 10.2. The van der Waals surface area contributed by atoms with Crippen LogP contribution >= 0.6 is 0 Å². The van der Waals surface area contributed by atoms with E-state index < -0.39 is 24.8 Å². The van der Waals surface area contributed by atoms with Crippen LogP contribution in [0, 0.1) is 0 Å². The molecular formula is C12H14F2O5. The summed E-state index contributed by atoms with van der Waals surface area (Å²) in [5.74, 6) is -6.51. The van der Waals surface area contributed by atoms with Gasteiger partial charge in [0, 0.05) is 6.61 Å². The highest BCUT2D eigenvalue weighted by Gasteiger charge is 2.49. The summed E-state index contributed by atoms with van der Waals surface area (Å²) in [4.78, 5) is 10.6. The maximum Gasteiger partial charge on any atom is 0.377 e. The molecule has 7 heteroatoms. The Bertz CT molecular complexity index is 419. The molecule has 0 spiro atoms. The minimum absolute atomic E-state index is 0.0649. The molecule has 0 amide bonds. The smallest absolute Gasteiger partial charge is 0.377 e. The minimum Gasteiger partial charge on any atom is -0.508 e. The predicted octanol–water partition coefficient (Wildman–Crippen LogP) is 2.16. The summed E-state index contributed by atoms with van der Waals surface area (Å²) in [5.41, 5.74) is -0.0649. The third-order valence-electron chi connectivity index (χ3n) is 2.33. The Labute approximate surface area is 108 Å². The first-order chi connectivity index (χ1) is 8.89. The zero-order chi connectivity index (χ0) is 14.5. The number of alkyl halides is 2. The van der Waals surface area contributed by atoms with Crippen LogP contribution in [0.4, 0.5) is 8.78 Å². The largest absolute Gasteiger partial charge is 0.508 e. The number of hydrogen-bond acceptors (Lipinski definition) is 4. The number of hydrogen-bond donors (Lipinski definition) is 2. The summed E-state index contributed by atoms with van der Waals surface area (Å²) >= 11 is 0. The Balaban J connectivity index is 2.98. The number of aliphatic carboxylic acids is 1. The van der Waals surface area contributed by atoms with Crippen molar-refractivity contribution in [1.82, 2.24) is 0 Å². The van der Waals surface area contributed by atoms with Gasteiger partial charge in [-0.2, -0.15) is 8.78 Å². The van der Waals surface area contributed by atoms with Gasteiger partial charge in [-0.25, -0.2) is 4.79 Å². The number of ether oxygens (including phenoxy) is 2. The van der Waals surface area contributed by atoms with Crippen molar-refractivity contribution in [3.8, 4) is 5.75 Å². The first-order valence-corrected chi connectivity index (χ1v) is 5.49. The fourth-order valence-corrected chi connectivity index (χ4v) is 1.37. The number of carboxylic acids is 1. The molecular weight excluding hydrogens is 262 g/mol. The van der Waals surface area contributed by atoms with Crippen molar-refractivity contribution in [3.63, 3.8) is 0 Å². The molecule has 0 aliphatic carbocycles. The number of halogens is 2. The third kappa shape index (κ3) is 3.87. The number of phenols is 1. The lowest BCUT2D eigenvalue weighted by Gasteiger charge is -2.24. The summed E-state index contributed by atoms with van der Waals surface area (Å²) in [5, 5.41) is 17.7. The molecule has 0 fully saturated rings. The van der Waals surface area contributed by atoms with Gasteiger partial charge in [-0.1, -0.05) is 12.1 Å². The van der Waals surface area contributed by atoms with E-state index in [2.05, 4.69) is 0 Å². The van der Waals surface area contributed by atoms with E-state index in [9.17, 15) is 13.6 Å². The number of rotatable bonds is 7. The Morgan fingerprint density at radius 2 is 1.95 bits per heavy atom. The van der Waals surface area contributed by atoms with Gasteiger partial charge in [0.1, 0.15) is 12.5 Å². The van der Waals surface area contributed by atoms with Crippen LogP contribution in [0.5, 0.6) is 5.75 Å². The number of carbonyl (C=O) groups is 1. The molecule has 0 aromatic heterocycles. The molecule has 0 saturated heterocycles. The fourth-order valence-electron chi connectivity index (χ4n) is 1.37. The number of carboxylic acid groups (broad SMARTS) is 1. The Morgan fingerprint density at radius 3 is 2.42 bits per heavy atom. The van der Waals surface area contributed by atoms with Crippen LogP contribution in [-0.4, -0.2) is 35.5 Å². The van der Waals surface area contributed by atoms with E-state index in [1.54, 1.807) is 6.92 Å². The molecule has 0 heterocycles. The second-order valence-corrected chi connectivity index (χ2v) is 3.68.